The molecule has 0 bridgehead atoms. The molecule has 2 N–H and O–H groups in total. The first-order valence-electron chi connectivity index (χ1n) is 7.47. The van der Waals surface area contributed by atoms with E-state index in [1.165, 1.54) is 12.1 Å². The Morgan fingerprint density at radius 3 is 2.83 bits per heavy atom. The van der Waals surface area contributed by atoms with E-state index in [1.807, 2.05) is 13.8 Å². The third-order valence-electron chi connectivity index (χ3n) is 3.74. The smallest absolute Gasteiger partial charge is 0.234 e. The highest BCUT2D eigenvalue weighted by molar-refractivity contribution is 6.31. The lowest BCUT2D eigenvalue weighted by molar-refractivity contribution is -0.122. The molecule has 23 heavy (non-hydrogen) atoms. The molecule has 1 atom stereocenters. The number of carbonyl (C=O) groups is 1. The Bertz CT molecular complexity index is 535. The van der Waals surface area contributed by atoms with Crippen LogP contribution >= 0.6 is 24.0 Å². The molecule has 1 aromatic rings. The highest BCUT2D eigenvalue weighted by Crippen LogP contribution is 2.28. The van der Waals surface area contributed by atoms with Gasteiger partial charge in [0, 0.05) is 18.2 Å². The normalized spacial score (nSPS) is 17.7. The number of ether oxygens (including phenoxy) is 1. The van der Waals surface area contributed by atoms with E-state index < -0.39 is 11.4 Å². The van der Waals surface area contributed by atoms with Gasteiger partial charge >= 0.3 is 0 Å². The monoisotopic (exact) mass is 364 g/mol. The fraction of sp³-hybridized carbons (Fsp3) is 0.562. The number of nitrogens with one attached hydrogen (secondary N) is 2. The predicted octanol–water partition coefficient (Wildman–Crippen LogP) is 3.02. The van der Waals surface area contributed by atoms with Gasteiger partial charge in [0.2, 0.25) is 5.91 Å². The van der Waals surface area contributed by atoms with Crippen LogP contribution in [-0.2, 0) is 15.1 Å². The Hall–Kier alpha value is -0.880. The molecule has 0 aliphatic carbocycles. The fourth-order valence-electron chi connectivity index (χ4n) is 2.61. The molecule has 7 heteroatoms. The Balaban J connectivity index is 0.00000264. The van der Waals surface area contributed by atoms with E-state index in [9.17, 15) is 9.18 Å². The van der Waals surface area contributed by atoms with Crippen LogP contribution in [0.5, 0.6) is 0 Å². The van der Waals surface area contributed by atoms with Crippen molar-refractivity contribution in [3.8, 4) is 0 Å². The van der Waals surface area contributed by atoms with Crippen molar-refractivity contribution in [1.82, 2.24) is 10.6 Å². The Morgan fingerprint density at radius 1 is 1.48 bits per heavy atom. The van der Waals surface area contributed by atoms with Gasteiger partial charge < -0.3 is 15.4 Å². The number of hydrogen-bond acceptors (Lipinski definition) is 3. The van der Waals surface area contributed by atoms with Gasteiger partial charge in [-0.05, 0) is 44.4 Å². The first-order valence-corrected chi connectivity index (χ1v) is 7.85. The average Bonchev–Trinajstić information content (AvgIpc) is 2.90. The van der Waals surface area contributed by atoms with Crippen molar-refractivity contribution in [2.75, 3.05) is 19.7 Å². The van der Waals surface area contributed by atoms with Crippen LogP contribution < -0.4 is 10.6 Å². The number of amides is 1. The maximum absolute atomic E-state index is 13.1. The highest BCUT2D eigenvalue weighted by atomic mass is 35.5. The van der Waals surface area contributed by atoms with Gasteiger partial charge in [-0.3, -0.25) is 4.79 Å². The largest absolute Gasteiger partial charge is 0.377 e. The Morgan fingerprint density at radius 2 is 2.22 bits per heavy atom. The molecule has 2 rings (SSSR count). The van der Waals surface area contributed by atoms with Gasteiger partial charge in [0.25, 0.3) is 0 Å². The van der Waals surface area contributed by atoms with Crippen molar-refractivity contribution < 1.29 is 13.9 Å². The van der Waals surface area contributed by atoms with Gasteiger partial charge in [0.1, 0.15) is 5.82 Å². The summed E-state index contributed by atoms with van der Waals surface area (Å²) in [5.41, 5.74) is 0.0102. The molecule has 1 aliphatic rings. The molecule has 1 saturated heterocycles. The minimum absolute atomic E-state index is 0. The molecule has 1 aromatic carbocycles. The maximum atomic E-state index is 13.1. The van der Waals surface area contributed by atoms with Crippen LogP contribution in [-0.4, -0.2) is 31.7 Å². The molecule has 1 amide bonds. The molecule has 1 heterocycles. The van der Waals surface area contributed by atoms with Crippen molar-refractivity contribution in [2.45, 2.75) is 38.3 Å². The average molecular weight is 365 g/mol. The van der Waals surface area contributed by atoms with E-state index in [1.54, 1.807) is 6.07 Å². The number of halogens is 3. The molecule has 1 fully saturated rings. The van der Waals surface area contributed by atoms with Crippen LogP contribution in [0.3, 0.4) is 0 Å². The molecule has 0 aromatic heterocycles. The van der Waals surface area contributed by atoms with Gasteiger partial charge in [-0.15, -0.1) is 12.4 Å². The van der Waals surface area contributed by atoms with Crippen LogP contribution in [0, 0.1) is 5.82 Å². The van der Waals surface area contributed by atoms with Crippen LogP contribution in [0.4, 0.5) is 4.39 Å². The zero-order chi connectivity index (χ0) is 16.2. The topological polar surface area (TPSA) is 50.4 Å². The molecular weight excluding hydrogens is 342 g/mol. The number of benzene rings is 1. The first kappa shape index (κ1) is 20.2. The maximum Gasteiger partial charge on any atom is 0.234 e. The van der Waals surface area contributed by atoms with E-state index in [4.69, 9.17) is 16.3 Å². The second kappa shape index (κ2) is 8.83. The number of carbonyl (C=O) groups excluding carboxylic acids is 1. The second-order valence-electron chi connectivity index (χ2n) is 6.06. The summed E-state index contributed by atoms with van der Waals surface area (Å²) in [6, 6.07) is 4.18. The van der Waals surface area contributed by atoms with E-state index in [2.05, 4.69) is 10.6 Å². The van der Waals surface area contributed by atoms with E-state index in [0.29, 0.717) is 17.1 Å². The van der Waals surface area contributed by atoms with Crippen LogP contribution in [0.2, 0.25) is 5.02 Å². The summed E-state index contributed by atoms with van der Waals surface area (Å²) >= 11 is 6.06. The third kappa shape index (κ3) is 5.92. The summed E-state index contributed by atoms with van der Waals surface area (Å²) in [6.07, 6.45) is 2.31. The van der Waals surface area contributed by atoms with Crippen molar-refractivity contribution in [3.63, 3.8) is 0 Å². The van der Waals surface area contributed by atoms with E-state index >= 15 is 0 Å². The van der Waals surface area contributed by atoms with Crippen molar-refractivity contribution in [2.24, 2.45) is 0 Å². The SMILES string of the molecule is CC(C)(NC(=O)CNCC1CCCO1)c1ccc(F)cc1Cl.Cl. The molecule has 1 aliphatic heterocycles. The summed E-state index contributed by atoms with van der Waals surface area (Å²) in [5, 5.41) is 6.31. The van der Waals surface area contributed by atoms with Crippen molar-refractivity contribution >= 4 is 29.9 Å². The lowest BCUT2D eigenvalue weighted by Crippen LogP contribution is -2.46. The molecule has 4 nitrogen and oxygen atoms in total. The predicted molar refractivity (Wildman–Crippen MR) is 91.7 cm³/mol. The minimum atomic E-state index is -0.673. The summed E-state index contributed by atoms with van der Waals surface area (Å²) in [5.74, 6) is -0.530. The van der Waals surface area contributed by atoms with E-state index in [0.717, 1.165) is 19.4 Å². The first-order chi connectivity index (χ1) is 10.4. The van der Waals surface area contributed by atoms with E-state index in [-0.39, 0.29) is 31.0 Å². The molecule has 130 valence electrons. The lowest BCUT2D eigenvalue weighted by atomic mass is 9.94. The van der Waals surface area contributed by atoms with Crippen LogP contribution in [0.15, 0.2) is 18.2 Å². The van der Waals surface area contributed by atoms with Crippen LogP contribution in [0.25, 0.3) is 0 Å². The third-order valence-corrected chi connectivity index (χ3v) is 4.05. The zero-order valence-corrected chi connectivity index (χ0v) is 14.9. The van der Waals surface area contributed by atoms with Gasteiger partial charge in [-0.2, -0.15) is 0 Å². The molecule has 0 radical (unpaired) electrons. The molecule has 0 spiro atoms. The van der Waals surface area contributed by atoms with Crippen LogP contribution in [0.1, 0.15) is 32.3 Å². The quantitative estimate of drug-likeness (QED) is 0.815. The highest BCUT2D eigenvalue weighted by Gasteiger charge is 2.25. The summed E-state index contributed by atoms with van der Waals surface area (Å²) in [4.78, 5) is 12.1. The van der Waals surface area contributed by atoms with Crippen molar-refractivity contribution in [1.29, 1.82) is 0 Å². The minimum Gasteiger partial charge on any atom is -0.377 e. The standard InChI is InChI=1S/C16H22ClFN2O2.ClH/c1-16(2,13-6-5-11(18)8-14(13)17)20-15(21)10-19-9-12-4-3-7-22-12;/h5-6,8,12,19H,3-4,7,9-10H2,1-2H3,(H,20,21);1H. The molecular formula is C16H23Cl2FN2O2. The lowest BCUT2D eigenvalue weighted by Gasteiger charge is -2.28. The van der Waals surface area contributed by atoms with Gasteiger partial charge in [-0.25, -0.2) is 4.39 Å². The Kier molecular flexibility index (Phi) is 7.74. The summed E-state index contributed by atoms with van der Waals surface area (Å²) in [6.45, 7) is 5.36. The van der Waals surface area contributed by atoms with Crippen molar-refractivity contribution in [3.05, 3.63) is 34.6 Å². The summed E-state index contributed by atoms with van der Waals surface area (Å²) < 4.78 is 18.6. The van der Waals surface area contributed by atoms with Gasteiger partial charge in [0.15, 0.2) is 0 Å². The number of hydrogen-bond donors (Lipinski definition) is 2. The Labute approximate surface area is 147 Å². The fourth-order valence-corrected chi connectivity index (χ4v) is 3.01. The second-order valence-corrected chi connectivity index (χ2v) is 6.47. The molecule has 0 saturated carbocycles. The summed E-state index contributed by atoms with van der Waals surface area (Å²) in [7, 11) is 0. The zero-order valence-electron chi connectivity index (χ0n) is 13.3. The van der Waals surface area contributed by atoms with Gasteiger partial charge in [-0.1, -0.05) is 17.7 Å². The van der Waals surface area contributed by atoms with Gasteiger partial charge in [0.05, 0.1) is 18.2 Å². The number of rotatable bonds is 6. The molecule has 1 unspecified atom stereocenters.